The molecule has 0 bridgehead atoms. The average Bonchev–Trinajstić information content (AvgIpc) is 2.96. The number of nitrogens with zero attached hydrogens (tertiary/aromatic N) is 1. The van der Waals surface area contributed by atoms with Crippen molar-refractivity contribution in [1.82, 2.24) is 4.98 Å². The average molecular weight is 332 g/mol. The van der Waals surface area contributed by atoms with Crippen molar-refractivity contribution >= 4 is 23.1 Å². The lowest BCUT2D eigenvalue weighted by atomic mass is 10.1. The molecule has 2 aromatic rings. The molecule has 5 nitrogen and oxygen atoms in total. The smallest absolute Gasteiger partial charge is 0.417 e. The lowest BCUT2D eigenvalue weighted by Crippen LogP contribution is -2.21. The summed E-state index contributed by atoms with van der Waals surface area (Å²) in [7, 11) is 1.72. The largest absolute Gasteiger partial charge is 0.468 e. The number of halogens is 3. The highest BCUT2D eigenvalue weighted by molar-refractivity contribution is 5.94. The van der Waals surface area contributed by atoms with Crippen molar-refractivity contribution < 1.29 is 27.8 Å². The summed E-state index contributed by atoms with van der Waals surface area (Å²) in [6.45, 7) is 2.97. The number of hydrogen-bond acceptors (Lipinski definition) is 4. The molecular weight excluding hydrogens is 313 g/mol. The van der Waals surface area contributed by atoms with E-state index in [1.807, 2.05) is 0 Å². The summed E-state index contributed by atoms with van der Waals surface area (Å²) in [5.74, 6) is 0. The molecule has 0 aliphatic heterocycles. The SMILES string of the molecule is CCOC=O.CN(CCO)c1ccc(C(F)(F)F)c2cc[nH]c12. The van der Waals surface area contributed by atoms with E-state index in [1.165, 1.54) is 18.3 Å². The first-order valence-electron chi connectivity index (χ1n) is 6.91. The minimum absolute atomic E-state index is 0.0558. The number of carbonyl (C=O) groups is 1. The zero-order valence-electron chi connectivity index (χ0n) is 12.9. The number of likely N-dealkylation sites (N-methyl/N-ethyl adjacent to an activating group) is 1. The number of alkyl halides is 3. The van der Waals surface area contributed by atoms with Crippen molar-refractivity contribution in [1.29, 1.82) is 0 Å². The van der Waals surface area contributed by atoms with Crippen LogP contribution in [0.1, 0.15) is 12.5 Å². The van der Waals surface area contributed by atoms with E-state index < -0.39 is 11.7 Å². The van der Waals surface area contributed by atoms with Crippen molar-refractivity contribution in [3.63, 3.8) is 0 Å². The number of hydrogen-bond donors (Lipinski definition) is 2. The van der Waals surface area contributed by atoms with E-state index in [-0.39, 0.29) is 12.0 Å². The Labute approximate surface area is 131 Å². The Hall–Kier alpha value is -2.22. The molecule has 0 atom stereocenters. The summed E-state index contributed by atoms with van der Waals surface area (Å²) in [4.78, 5) is 13.7. The van der Waals surface area contributed by atoms with Crippen LogP contribution in [0.3, 0.4) is 0 Å². The van der Waals surface area contributed by atoms with Gasteiger partial charge in [0.25, 0.3) is 6.47 Å². The summed E-state index contributed by atoms with van der Waals surface area (Å²) < 4.78 is 42.6. The van der Waals surface area contributed by atoms with E-state index in [1.54, 1.807) is 18.9 Å². The number of aromatic nitrogens is 1. The number of benzene rings is 1. The summed E-state index contributed by atoms with van der Waals surface area (Å²) in [6, 6.07) is 3.89. The molecule has 0 amide bonds. The predicted octanol–water partition coefficient (Wildman–Crippen LogP) is 2.79. The molecule has 0 aliphatic rings. The van der Waals surface area contributed by atoms with E-state index in [9.17, 15) is 18.0 Å². The van der Waals surface area contributed by atoms with E-state index in [2.05, 4.69) is 9.72 Å². The van der Waals surface area contributed by atoms with Crippen molar-refractivity contribution in [3.8, 4) is 0 Å². The maximum atomic E-state index is 12.8. The van der Waals surface area contributed by atoms with Gasteiger partial charge in [0.05, 0.1) is 30.0 Å². The van der Waals surface area contributed by atoms with Gasteiger partial charge in [-0.3, -0.25) is 4.79 Å². The molecule has 2 rings (SSSR count). The topological polar surface area (TPSA) is 65.6 Å². The number of aliphatic hydroxyl groups excluding tert-OH is 1. The van der Waals surface area contributed by atoms with E-state index in [0.717, 1.165) is 6.07 Å². The van der Waals surface area contributed by atoms with Crippen LogP contribution in [0.2, 0.25) is 0 Å². The molecule has 0 saturated carbocycles. The number of aliphatic hydroxyl groups is 1. The van der Waals surface area contributed by atoms with Gasteiger partial charge in [-0.2, -0.15) is 13.2 Å². The van der Waals surface area contributed by atoms with E-state index in [4.69, 9.17) is 5.11 Å². The van der Waals surface area contributed by atoms with Gasteiger partial charge in [-0.15, -0.1) is 0 Å². The van der Waals surface area contributed by atoms with Gasteiger partial charge in [-0.25, -0.2) is 0 Å². The number of ether oxygens (including phenoxy) is 1. The molecule has 1 aromatic heterocycles. The Morgan fingerprint density at radius 1 is 1.35 bits per heavy atom. The molecule has 1 heterocycles. The minimum Gasteiger partial charge on any atom is -0.468 e. The van der Waals surface area contributed by atoms with E-state index >= 15 is 0 Å². The standard InChI is InChI=1S/C12H13F3N2O.C3H6O2/c1-17(6-7-18)10-3-2-9(12(13,14)15)8-4-5-16-11(8)10;1-2-5-3-4/h2-5,16,18H,6-7H2,1H3;3H,2H2,1H3. The van der Waals surface area contributed by atoms with Gasteiger partial charge >= 0.3 is 6.18 Å². The van der Waals surface area contributed by atoms with Gasteiger partial charge < -0.3 is 19.7 Å². The second kappa shape index (κ2) is 8.42. The van der Waals surface area contributed by atoms with Crippen LogP contribution in [0.4, 0.5) is 18.9 Å². The lowest BCUT2D eigenvalue weighted by molar-refractivity contribution is -0.136. The fraction of sp³-hybridized carbons (Fsp3) is 0.400. The third kappa shape index (κ3) is 4.88. The van der Waals surface area contributed by atoms with Crippen LogP contribution in [-0.2, 0) is 15.7 Å². The molecule has 0 spiro atoms. The van der Waals surface area contributed by atoms with Crippen LogP contribution < -0.4 is 4.90 Å². The number of nitrogens with one attached hydrogen (secondary N) is 1. The first-order chi connectivity index (χ1) is 10.9. The maximum absolute atomic E-state index is 12.8. The fourth-order valence-corrected chi connectivity index (χ4v) is 2.04. The quantitative estimate of drug-likeness (QED) is 0.827. The van der Waals surface area contributed by atoms with Crippen molar-refractivity contribution in [2.24, 2.45) is 0 Å². The third-order valence-corrected chi connectivity index (χ3v) is 3.09. The third-order valence-electron chi connectivity index (χ3n) is 3.09. The van der Waals surface area contributed by atoms with Gasteiger partial charge in [-0.05, 0) is 25.1 Å². The Morgan fingerprint density at radius 3 is 2.52 bits per heavy atom. The van der Waals surface area contributed by atoms with E-state index in [0.29, 0.717) is 30.8 Å². The van der Waals surface area contributed by atoms with Gasteiger partial charge in [-0.1, -0.05) is 0 Å². The molecule has 2 N–H and O–H groups in total. The molecule has 128 valence electrons. The summed E-state index contributed by atoms with van der Waals surface area (Å²) >= 11 is 0. The Bertz CT molecular complexity index is 626. The van der Waals surface area contributed by atoms with Gasteiger partial charge in [0.1, 0.15) is 0 Å². The zero-order valence-corrected chi connectivity index (χ0v) is 12.9. The lowest BCUT2D eigenvalue weighted by Gasteiger charge is -2.20. The first kappa shape index (κ1) is 18.8. The highest BCUT2D eigenvalue weighted by Gasteiger charge is 2.33. The van der Waals surface area contributed by atoms with Crippen LogP contribution in [0.25, 0.3) is 10.9 Å². The first-order valence-corrected chi connectivity index (χ1v) is 6.91. The van der Waals surface area contributed by atoms with Crippen molar-refractivity contribution in [2.75, 3.05) is 31.7 Å². The van der Waals surface area contributed by atoms with Crippen LogP contribution in [0.5, 0.6) is 0 Å². The van der Waals surface area contributed by atoms with Crippen LogP contribution in [0.15, 0.2) is 24.4 Å². The molecule has 23 heavy (non-hydrogen) atoms. The molecule has 0 radical (unpaired) electrons. The summed E-state index contributed by atoms with van der Waals surface area (Å²) in [6.07, 6.45) is -2.88. The highest BCUT2D eigenvalue weighted by Crippen LogP contribution is 2.37. The number of rotatable bonds is 5. The zero-order chi connectivity index (χ0) is 17.5. The molecule has 0 aliphatic carbocycles. The van der Waals surface area contributed by atoms with Crippen LogP contribution in [-0.4, -0.2) is 43.4 Å². The predicted molar refractivity (Wildman–Crippen MR) is 81.3 cm³/mol. The molecular formula is C15H19F3N2O3. The number of aromatic amines is 1. The summed E-state index contributed by atoms with van der Waals surface area (Å²) in [5, 5.41) is 9.02. The fourth-order valence-electron chi connectivity index (χ4n) is 2.04. The van der Waals surface area contributed by atoms with Crippen molar-refractivity contribution in [3.05, 3.63) is 30.0 Å². The van der Waals surface area contributed by atoms with Gasteiger partial charge in [0.2, 0.25) is 0 Å². The molecule has 0 saturated heterocycles. The Kier molecular flexibility index (Phi) is 6.89. The second-order valence-electron chi connectivity index (χ2n) is 4.59. The number of fused-ring (bicyclic) bond motifs is 1. The molecule has 1 aromatic carbocycles. The highest BCUT2D eigenvalue weighted by atomic mass is 19.4. The Morgan fingerprint density at radius 2 is 2.04 bits per heavy atom. The normalized spacial score (nSPS) is 10.9. The number of H-pyrrole nitrogens is 1. The van der Waals surface area contributed by atoms with Gasteiger partial charge in [0.15, 0.2) is 0 Å². The second-order valence-corrected chi connectivity index (χ2v) is 4.59. The van der Waals surface area contributed by atoms with Crippen molar-refractivity contribution in [2.45, 2.75) is 13.1 Å². The molecule has 0 fully saturated rings. The Balaban J connectivity index is 0.000000463. The van der Waals surface area contributed by atoms with Crippen LogP contribution >= 0.6 is 0 Å². The van der Waals surface area contributed by atoms with Crippen LogP contribution in [0, 0.1) is 0 Å². The molecule has 0 unspecified atom stereocenters. The minimum atomic E-state index is -4.37. The molecule has 8 heteroatoms. The summed E-state index contributed by atoms with van der Waals surface area (Å²) in [5.41, 5.74) is 0.415. The van der Waals surface area contributed by atoms with Gasteiger partial charge in [0, 0.05) is 25.2 Å². The number of anilines is 1. The monoisotopic (exact) mass is 332 g/mol. The maximum Gasteiger partial charge on any atom is 0.417 e. The number of carbonyl (C=O) groups excluding carboxylic acids is 1.